The Labute approximate surface area is 161 Å². The third kappa shape index (κ3) is 5.09. The van der Waals surface area contributed by atoms with Crippen molar-refractivity contribution in [3.8, 4) is 0 Å². The number of nitrogens with one attached hydrogen (secondary N) is 3. The molecule has 142 valence electrons. The number of amides is 2. The van der Waals surface area contributed by atoms with Crippen LogP contribution >= 0.6 is 11.8 Å². The van der Waals surface area contributed by atoms with Crippen LogP contribution in [0.3, 0.4) is 0 Å². The Hall–Kier alpha value is -2.36. The van der Waals surface area contributed by atoms with Gasteiger partial charge in [0.05, 0.1) is 10.6 Å². The molecule has 2 amide bonds. The van der Waals surface area contributed by atoms with Crippen molar-refractivity contribution in [2.45, 2.75) is 29.6 Å². The highest BCUT2D eigenvalue weighted by molar-refractivity contribution is 8.00. The molecule has 0 aliphatic carbocycles. The maximum atomic E-state index is 12.4. The second-order valence-electron chi connectivity index (χ2n) is 6.12. The topological polar surface area (TPSA) is 104 Å². The largest absolute Gasteiger partial charge is 0.326 e. The summed E-state index contributed by atoms with van der Waals surface area (Å²) in [5.74, 6) is -0.453. The number of benzene rings is 2. The summed E-state index contributed by atoms with van der Waals surface area (Å²) in [5.41, 5.74) is 4.71. The van der Waals surface area contributed by atoms with Gasteiger partial charge >= 0.3 is 0 Å². The van der Waals surface area contributed by atoms with Crippen LogP contribution in [0.4, 0.5) is 5.69 Å². The molecule has 1 aliphatic rings. The summed E-state index contributed by atoms with van der Waals surface area (Å²) in [7, 11) is -3.89. The van der Waals surface area contributed by atoms with Crippen molar-refractivity contribution < 1.29 is 18.0 Å². The van der Waals surface area contributed by atoms with Crippen molar-refractivity contribution in [3.63, 3.8) is 0 Å². The van der Waals surface area contributed by atoms with Gasteiger partial charge in [0.2, 0.25) is 11.8 Å². The molecule has 3 N–H and O–H groups in total. The van der Waals surface area contributed by atoms with E-state index in [1.807, 2.05) is 31.2 Å². The van der Waals surface area contributed by atoms with Gasteiger partial charge in [0, 0.05) is 17.0 Å². The van der Waals surface area contributed by atoms with Crippen LogP contribution in [0.5, 0.6) is 0 Å². The van der Waals surface area contributed by atoms with E-state index in [4.69, 9.17) is 0 Å². The lowest BCUT2D eigenvalue weighted by molar-refractivity contribution is -0.119. The number of hydrazine groups is 1. The van der Waals surface area contributed by atoms with Crippen LogP contribution in [0, 0.1) is 6.92 Å². The van der Waals surface area contributed by atoms with E-state index in [9.17, 15) is 18.0 Å². The van der Waals surface area contributed by atoms with E-state index >= 15 is 0 Å². The predicted molar refractivity (Wildman–Crippen MR) is 104 cm³/mol. The fourth-order valence-electron chi connectivity index (χ4n) is 2.53. The number of anilines is 1. The molecular weight excluding hydrogens is 386 g/mol. The number of hydrogen-bond donors (Lipinski definition) is 3. The van der Waals surface area contributed by atoms with Gasteiger partial charge in [0.25, 0.3) is 10.0 Å². The normalized spacial score (nSPS) is 13.6. The summed E-state index contributed by atoms with van der Waals surface area (Å²) in [6, 6.07) is 12.1. The Morgan fingerprint density at radius 3 is 2.63 bits per heavy atom. The molecule has 0 bridgehead atoms. The van der Waals surface area contributed by atoms with Gasteiger partial charge in [-0.1, -0.05) is 17.7 Å². The van der Waals surface area contributed by atoms with Gasteiger partial charge in [-0.3, -0.25) is 15.0 Å². The summed E-state index contributed by atoms with van der Waals surface area (Å²) in [6.45, 7) is 1.98. The average Bonchev–Trinajstić information content (AvgIpc) is 2.65. The summed E-state index contributed by atoms with van der Waals surface area (Å²) in [6.07, 6.45) is 0.793. The van der Waals surface area contributed by atoms with Crippen LogP contribution in [0.15, 0.2) is 52.3 Å². The molecule has 0 saturated carbocycles. The molecule has 9 heteroatoms. The standard InChI is InChI=1S/C18H19N3O4S2/c1-12-2-5-14(6-3-12)26-11-18(23)20-21-27(24,25)15-7-8-16-13(10-15)4-9-17(22)19-16/h2-3,5-8,10,21H,4,9,11H2,1H3,(H,19,22)(H,20,23). The van der Waals surface area contributed by atoms with E-state index < -0.39 is 15.9 Å². The molecule has 0 radical (unpaired) electrons. The molecule has 0 fully saturated rings. The van der Waals surface area contributed by atoms with E-state index in [2.05, 4.69) is 15.6 Å². The zero-order valence-corrected chi connectivity index (χ0v) is 16.2. The van der Waals surface area contributed by atoms with Gasteiger partial charge in [-0.05, 0) is 49.2 Å². The number of hydrogen-bond acceptors (Lipinski definition) is 5. The number of carbonyl (C=O) groups is 2. The van der Waals surface area contributed by atoms with E-state index in [1.165, 1.54) is 23.9 Å². The smallest absolute Gasteiger partial charge is 0.257 e. The lowest BCUT2D eigenvalue weighted by Crippen LogP contribution is -2.42. The zero-order valence-electron chi connectivity index (χ0n) is 14.6. The van der Waals surface area contributed by atoms with Crippen LogP contribution < -0.4 is 15.6 Å². The van der Waals surface area contributed by atoms with E-state index in [1.54, 1.807) is 6.07 Å². The monoisotopic (exact) mass is 405 g/mol. The van der Waals surface area contributed by atoms with Crippen LogP contribution in [-0.2, 0) is 26.0 Å². The highest BCUT2D eigenvalue weighted by atomic mass is 32.2. The summed E-state index contributed by atoms with van der Waals surface area (Å²) < 4.78 is 24.8. The maximum absolute atomic E-state index is 12.4. The third-order valence-corrected chi connectivity index (χ3v) is 6.26. The molecule has 2 aromatic rings. The summed E-state index contributed by atoms with van der Waals surface area (Å²) >= 11 is 1.32. The maximum Gasteiger partial charge on any atom is 0.257 e. The highest BCUT2D eigenvalue weighted by Crippen LogP contribution is 2.25. The highest BCUT2D eigenvalue weighted by Gasteiger charge is 2.20. The van der Waals surface area contributed by atoms with E-state index in [0.29, 0.717) is 18.5 Å². The summed E-state index contributed by atoms with van der Waals surface area (Å²) in [4.78, 5) is 26.4. The van der Waals surface area contributed by atoms with Crippen molar-refractivity contribution in [1.29, 1.82) is 0 Å². The van der Waals surface area contributed by atoms with Crippen LogP contribution in [-0.4, -0.2) is 26.0 Å². The number of sulfonamides is 1. The molecule has 3 rings (SSSR count). The van der Waals surface area contributed by atoms with Gasteiger partial charge in [-0.2, -0.15) is 0 Å². The minimum Gasteiger partial charge on any atom is -0.326 e. The number of thioether (sulfide) groups is 1. The van der Waals surface area contributed by atoms with Crippen LogP contribution in [0.1, 0.15) is 17.5 Å². The second kappa shape index (κ2) is 8.12. The fraction of sp³-hybridized carbons (Fsp3) is 0.222. The van der Waals surface area contributed by atoms with Gasteiger partial charge < -0.3 is 5.32 Å². The molecular formula is C18H19N3O4S2. The summed E-state index contributed by atoms with van der Waals surface area (Å²) in [5, 5.41) is 2.70. The minimum absolute atomic E-state index is 0.0314. The van der Waals surface area contributed by atoms with Gasteiger partial charge in [-0.15, -0.1) is 16.6 Å². The SMILES string of the molecule is Cc1ccc(SCC(=O)NNS(=O)(=O)c2ccc3c(c2)CCC(=O)N3)cc1. The minimum atomic E-state index is -3.89. The van der Waals surface area contributed by atoms with Crippen molar-refractivity contribution >= 4 is 39.3 Å². The zero-order chi connectivity index (χ0) is 19.4. The Morgan fingerprint density at radius 1 is 1.15 bits per heavy atom. The Balaban J connectivity index is 1.57. The first-order valence-corrected chi connectivity index (χ1v) is 10.7. The van der Waals surface area contributed by atoms with Crippen LogP contribution in [0.25, 0.3) is 0 Å². The number of rotatable bonds is 6. The van der Waals surface area contributed by atoms with Crippen LogP contribution in [0.2, 0.25) is 0 Å². The lowest BCUT2D eigenvalue weighted by atomic mass is 10.0. The molecule has 7 nitrogen and oxygen atoms in total. The molecule has 0 saturated heterocycles. The first-order valence-electron chi connectivity index (χ1n) is 8.26. The molecule has 0 unspecified atom stereocenters. The van der Waals surface area contributed by atoms with Crippen molar-refractivity contribution in [3.05, 3.63) is 53.6 Å². The molecule has 1 aliphatic heterocycles. The lowest BCUT2D eigenvalue weighted by Gasteiger charge is -2.17. The first-order chi connectivity index (χ1) is 12.8. The number of fused-ring (bicyclic) bond motifs is 1. The van der Waals surface area contributed by atoms with Gasteiger partial charge in [0.15, 0.2) is 0 Å². The van der Waals surface area contributed by atoms with Crippen molar-refractivity contribution in [2.24, 2.45) is 0 Å². The third-order valence-electron chi connectivity index (χ3n) is 4.00. The van der Waals surface area contributed by atoms with E-state index in [-0.39, 0.29) is 16.6 Å². The van der Waals surface area contributed by atoms with Crippen molar-refractivity contribution in [2.75, 3.05) is 11.1 Å². The number of aryl methyl sites for hydroxylation is 2. The van der Waals surface area contributed by atoms with Gasteiger partial charge in [-0.25, -0.2) is 8.42 Å². The first kappa shape index (κ1) is 19.4. The molecule has 0 atom stereocenters. The average molecular weight is 406 g/mol. The Kier molecular flexibility index (Phi) is 5.83. The Bertz CT molecular complexity index is 973. The molecule has 1 heterocycles. The molecule has 27 heavy (non-hydrogen) atoms. The fourth-order valence-corrected chi connectivity index (χ4v) is 4.14. The number of carbonyl (C=O) groups excluding carboxylic acids is 2. The van der Waals surface area contributed by atoms with E-state index in [0.717, 1.165) is 16.0 Å². The molecule has 0 aromatic heterocycles. The van der Waals surface area contributed by atoms with Gasteiger partial charge in [0.1, 0.15) is 0 Å². The molecule has 2 aromatic carbocycles. The molecule has 0 spiro atoms. The Morgan fingerprint density at radius 2 is 1.89 bits per heavy atom. The van der Waals surface area contributed by atoms with Crippen molar-refractivity contribution in [1.82, 2.24) is 10.3 Å². The second-order valence-corrected chi connectivity index (χ2v) is 8.85. The quantitative estimate of drug-likeness (QED) is 0.504. The predicted octanol–water partition coefficient (Wildman–Crippen LogP) is 1.98.